The summed E-state index contributed by atoms with van der Waals surface area (Å²) in [5.74, 6) is 0.995. The van der Waals surface area contributed by atoms with E-state index in [0.29, 0.717) is 17.8 Å². The molecule has 2 fully saturated rings. The second-order valence-corrected chi connectivity index (χ2v) is 5.20. The van der Waals surface area contributed by atoms with E-state index in [1.807, 2.05) is 0 Å². The van der Waals surface area contributed by atoms with Gasteiger partial charge in [-0.05, 0) is 38.5 Å². The maximum absolute atomic E-state index is 11.5. The summed E-state index contributed by atoms with van der Waals surface area (Å²) in [5, 5.41) is 0. The van der Waals surface area contributed by atoms with Crippen LogP contribution in [0.4, 0.5) is 0 Å². The Morgan fingerprint density at radius 3 is 3.00 bits per heavy atom. The molecule has 2 rings (SSSR count). The molecule has 0 bridgehead atoms. The lowest BCUT2D eigenvalue weighted by molar-refractivity contribution is -0.120. The number of hydrogen-bond acceptors (Lipinski definition) is 2. The lowest BCUT2D eigenvalue weighted by Gasteiger charge is -2.13. The van der Waals surface area contributed by atoms with Crippen LogP contribution in [0.5, 0.6) is 0 Å². The molecule has 3 atom stereocenters. The van der Waals surface area contributed by atoms with E-state index >= 15 is 0 Å². The highest BCUT2D eigenvalue weighted by Gasteiger charge is 2.50. The standard InChI is InChI=1S/C12H20O2/c1-9-5-6-11-12(2,14-11)7-3-4-10(13)8-9/h9,11H,3-8H2,1-2H3/t9-,11-,12-/m1/s1. The SMILES string of the molecule is C[C@@H]1CC[C@H]2O[C@]2(C)CCCC(=O)C1. The molecule has 0 spiro atoms. The van der Waals surface area contributed by atoms with Crippen LogP contribution < -0.4 is 0 Å². The van der Waals surface area contributed by atoms with Crippen LogP contribution in [0.1, 0.15) is 52.4 Å². The zero-order chi connectivity index (χ0) is 10.2. The topological polar surface area (TPSA) is 29.6 Å². The fraction of sp³-hybridized carbons (Fsp3) is 0.917. The number of carbonyl (C=O) groups is 1. The molecule has 0 aromatic carbocycles. The van der Waals surface area contributed by atoms with Gasteiger partial charge >= 0.3 is 0 Å². The van der Waals surface area contributed by atoms with Gasteiger partial charge in [0.1, 0.15) is 5.78 Å². The molecule has 1 aliphatic heterocycles. The van der Waals surface area contributed by atoms with Crippen LogP contribution in [-0.4, -0.2) is 17.5 Å². The molecule has 80 valence electrons. The second kappa shape index (κ2) is 3.65. The zero-order valence-electron chi connectivity index (χ0n) is 9.21. The first-order valence-electron chi connectivity index (χ1n) is 5.80. The van der Waals surface area contributed by atoms with Gasteiger partial charge in [0, 0.05) is 12.8 Å². The minimum Gasteiger partial charge on any atom is -0.366 e. The third-order valence-corrected chi connectivity index (χ3v) is 3.66. The van der Waals surface area contributed by atoms with Crippen LogP contribution in [0.25, 0.3) is 0 Å². The second-order valence-electron chi connectivity index (χ2n) is 5.20. The summed E-state index contributed by atoms with van der Waals surface area (Å²) in [6.45, 7) is 4.37. The van der Waals surface area contributed by atoms with Crippen molar-refractivity contribution in [1.82, 2.24) is 0 Å². The highest BCUT2D eigenvalue weighted by atomic mass is 16.6. The van der Waals surface area contributed by atoms with Crippen LogP contribution in [0, 0.1) is 5.92 Å². The third kappa shape index (κ3) is 2.17. The summed E-state index contributed by atoms with van der Waals surface area (Å²) in [7, 11) is 0. The fourth-order valence-corrected chi connectivity index (χ4v) is 2.54. The van der Waals surface area contributed by atoms with E-state index in [4.69, 9.17) is 4.74 Å². The molecule has 0 amide bonds. The van der Waals surface area contributed by atoms with Crippen molar-refractivity contribution in [3.8, 4) is 0 Å². The molecule has 14 heavy (non-hydrogen) atoms. The van der Waals surface area contributed by atoms with Gasteiger partial charge in [0.2, 0.25) is 0 Å². The van der Waals surface area contributed by atoms with E-state index in [1.165, 1.54) is 0 Å². The molecule has 1 heterocycles. The Hall–Kier alpha value is -0.370. The van der Waals surface area contributed by atoms with Gasteiger partial charge < -0.3 is 4.74 Å². The highest BCUT2D eigenvalue weighted by Crippen LogP contribution is 2.44. The highest BCUT2D eigenvalue weighted by molar-refractivity contribution is 5.78. The largest absolute Gasteiger partial charge is 0.366 e. The average molecular weight is 196 g/mol. The number of ketones is 1. The number of hydrogen-bond donors (Lipinski definition) is 0. The summed E-state index contributed by atoms with van der Waals surface area (Å²) >= 11 is 0. The van der Waals surface area contributed by atoms with Crippen molar-refractivity contribution in [3.05, 3.63) is 0 Å². The van der Waals surface area contributed by atoms with Gasteiger partial charge in [0.05, 0.1) is 11.7 Å². The Morgan fingerprint density at radius 2 is 2.21 bits per heavy atom. The molecule has 0 aromatic heterocycles. The van der Waals surface area contributed by atoms with E-state index in [-0.39, 0.29) is 5.60 Å². The minimum absolute atomic E-state index is 0.122. The smallest absolute Gasteiger partial charge is 0.133 e. The van der Waals surface area contributed by atoms with E-state index in [2.05, 4.69) is 13.8 Å². The molecule has 2 heteroatoms. The van der Waals surface area contributed by atoms with Crippen molar-refractivity contribution < 1.29 is 9.53 Å². The van der Waals surface area contributed by atoms with Crippen molar-refractivity contribution in [2.75, 3.05) is 0 Å². The van der Waals surface area contributed by atoms with Gasteiger partial charge in [-0.1, -0.05) is 6.92 Å². The predicted molar refractivity (Wildman–Crippen MR) is 55.2 cm³/mol. The average Bonchev–Trinajstić information content (AvgIpc) is 2.73. The first-order valence-corrected chi connectivity index (χ1v) is 5.80. The molecule has 0 N–H and O–H groups in total. The Morgan fingerprint density at radius 1 is 1.43 bits per heavy atom. The Balaban J connectivity index is 1.92. The molecule has 2 aliphatic rings. The number of ether oxygens (including phenoxy) is 1. The quantitative estimate of drug-likeness (QED) is 0.557. The molecule has 0 unspecified atom stereocenters. The van der Waals surface area contributed by atoms with Crippen LogP contribution >= 0.6 is 0 Å². The summed E-state index contributed by atoms with van der Waals surface area (Å²) in [5.41, 5.74) is 0.122. The van der Waals surface area contributed by atoms with Crippen molar-refractivity contribution in [2.24, 2.45) is 5.92 Å². The van der Waals surface area contributed by atoms with E-state index < -0.39 is 0 Å². The molecule has 2 nitrogen and oxygen atoms in total. The van der Waals surface area contributed by atoms with Gasteiger partial charge in [0.25, 0.3) is 0 Å². The monoisotopic (exact) mass is 196 g/mol. The van der Waals surface area contributed by atoms with E-state index in [9.17, 15) is 4.79 Å². The van der Waals surface area contributed by atoms with Crippen LogP contribution in [0.3, 0.4) is 0 Å². The van der Waals surface area contributed by atoms with Gasteiger partial charge in [-0.25, -0.2) is 0 Å². The van der Waals surface area contributed by atoms with Gasteiger partial charge in [0.15, 0.2) is 0 Å². The Labute approximate surface area is 86.0 Å². The number of rotatable bonds is 0. The molecule has 0 radical (unpaired) electrons. The molecular formula is C12H20O2. The molecule has 0 aromatic rings. The number of fused-ring (bicyclic) bond motifs is 1. The Bertz CT molecular complexity index is 236. The van der Waals surface area contributed by atoms with Crippen molar-refractivity contribution in [1.29, 1.82) is 0 Å². The zero-order valence-corrected chi connectivity index (χ0v) is 9.21. The molecule has 1 saturated carbocycles. The molecular weight excluding hydrogens is 176 g/mol. The van der Waals surface area contributed by atoms with E-state index in [1.54, 1.807) is 0 Å². The van der Waals surface area contributed by atoms with Crippen molar-refractivity contribution in [3.63, 3.8) is 0 Å². The lowest BCUT2D eigenvalue weighted by Crippen LogP contribution is -2.15. The lowest BCUT2D eigenvalue weighted by atomic mass is 9.89. The predicted octanol–water partition coefficient (Wildman–Crippen LogP) is 2.70. The number of carbonyl (C=O) groups excluding carboxylic acids is 1. The first-order chi connectivity index (χ1) is 6.60. The summed E-state index contributed by atoms with van der Waals surface area (Å²) in [4.78, 5) is 11.5. The summed E-state index contributed by atoms with van der Waals surface area (Å²) < 4.78 is 5.71. The van der Waals surface area contributed by atoms with Crippen LogP contribution in [0.15, 0.2) is 0 Å². The number of epoxide rings is 1. The van der Waals surface area contributed by atoms with E-state index in [0.717, 1.165) is 38.5 Å². The molecule has 1 saturated heterocycles. The van der Waals surface area contributed by atoms with Gasteiger partial charge in [-0.2, -0.15) is 0 Å². The van der Waals surface area contributed by atoms with Crippen LogP contribution in [-0.2, 0) is 9.53 Å². The Kier molecular flexibility index (Phi) is 2.65. The minimum atomic E-state index is 0.122. The maximum atomic E-state index is 11.5. The summed E-state index contributed by atoms with van der Waals surface area (Å²) in [6.07, 6.45) is 6.39. The molecule has 1 aliphatic carbocycles. The first kappa shape index (κ1) is 10.2. The third-order valence-electron chi connectivity index (χ3n) is 3.66. The summed E-state index contributed by atoms with van der Waals surface area (Å²) in [6, 6.07) is 0. The number of Topliss-reactive ketones (excluding diaryl/α,β-unsaturated/α-hetero) is 1. The van der Waals surface area contributed by atoms with Crippen molar-refractivity contribution >= 4 is 5.78 Å². The van der Waals surface area contributed by atoms with Gasteiger partial charge in [-0.3, -0.25) is 4.79 Å². The maximum Gasteiger partial charge on any atom is 0.133 e. The van der Waals surface area contributed by atoms with Gasteiger partial charge in [-0.15, -0.1) is 0 Å². The fourth-order valence-electron chi connectivity index (χ4n) is 2.54. The van der Waals surface area contributed by atoms with Crippen LogP contribution in [0.2, 0.25) is 0 Å². The van der Waals surface area contributed by atoms with Crippen molar-refractivity contribution in [2.45, 2.75) is 64.1 Å². The normalized spacial score (nSPS) is 44.3.